The topological polar surface area (TPSA) is 49.3 Å². The maximum Gasteiger partial charge on any atom is 0.325 e. The van der Waals surface area contributed by atoms with E-state index >= 15 is 0 Å². The van der Waals surface area contributed by atoms with Crippen LogP contribution < -0.4 is 5.32 Å². The summed E-state index contributed by atoms with van der Waals surface area (Å²) in [7, 11) is 0. The quantitative estimate of drug-likeness (QED) is 0.695. The van der Waals surface area contributed by atoms with Crippen molar-refractivity contribution < 1.29 is 9.90 Å². The highest BCUT2D eigenvalue weighted by Crippen LogP contribution is 2.13. The number of hydrogen-bond donors (Lipinski definition) is 2. The molecule has 100 valence electrons. The molecule has 3 heteroatoms. The van der Waals surface area contributed by atoms with E-state index in [0.717, 1.165) is 30.9 Å². The van der Waals surface area contributed by atoms with Crippen LogP contribution in [-0.2, 0) is 4.79 Å². The van der Waals surface area contributed by atoms with Crippen molar-refractivity contribution in [1.82, 2.24) is 5.32 Å². The van der Waals surface area contributed by atoms with E-state index in [0.29, 0.717) is 0 Å². The predicted octanol–water partition coefficient (Wildman–Crippen LogP) is 3.23. The zero-order chi connectivity index (χ0) is 13.4. The van der Waals surface area contributed by atoms with Gasteiger partial charge in [0.2, 0.25) is 0 Å². The van der Waals surface area contributed by atoms with E-state index in [1.807, 2.05) is 30.3 Å². The molecule has 0 saturated heterocycles. The standard InChI is InChI=1S/C15H23NO2/c1-12(2)8-6-7-11-16-14(15(17)18)13-9-4-3-5-10-13/h3-5,9-10,12,14,16H,6-8,11H2,1-2H3,(H,17,18). The minimum absolute atomic E-state index is 0.592. The summed E-state index contributed by atoms with van der Waals surface area (Å²) in [4.78, 5) is 11.2. The van der Waals surface area contributed by atoms with Crippen molar-refractivity contribution >= 4 is 5.97 Å². The second kappa shape index (κ2) is 7.88. The number of carbonyl (C=O) groups is 1. The third-order valence-corrected chi connectivity index (χ3v) is 2.94. The zero-order valence-corrected chi connectivity index (χ0v) is 11.2. The Bertz CT molecular complexity index is 349. The molecule has 1 unspecified atom stereocenters. The van der Waals surface area contributed by atoms with Gasteiger partial charge in [0.1, 0.15) is 6.04 Å². The molecule has 1 atom stereocenters. The molecule has 2 N–H and O–H groups in total. The highest BCUT2D eigenvalue weighted by Gasteiger charge is 2.17. The lowest BCUT2D eigenvalue weighted by Gasteiger charge is -2.14. The second-order valence-corrected chi connectivity index (χ2v) is 5.03. The van der Waals surface area contributed by atoms with Crippen molar-refractivity contribution in [3.05, 3.63) is 35.9 Å². The third kappa shape index (κ3) is 5.32. The third-order valence-electron chi connectivity index (χ3n) is 2.94. The van der Waals surface area contributed by atoms with Crippen molar-refractivity contribution in [3.63, 3.8) is 0 Å². The Hall–Kier alpha value is -1.35. The first-order valence-electron chi connectivity index (χ1n) is 6.62. The number of carboxylic acids is 1. The number of benzene rings is 1. The van der Waals surface area contributed by atoms with Gasteiger partial charge in [-0.3, -0.25) is 4.79 Å². The van der Waals surface area contributed by atoms with Crippen LogP contribution in [0.5, 0.6) is 0 Å². The summed E-state index contributed by atoms with van der Waals surface area (Å²) in [6.45, 7) is 5.16. The minimum atomic E-state index is -0.815. The Morgan fingerprint density at radius 3 is 2.44 bits per heavy atom. The number of hydrogen-bond acceptors (Lipinski definition) is 2. The van der Waals surface area contributed by atoms with Crippen LogP contribution in [-0.4, -0.2) is 17.6 Å². The second-order valence-electron chi connectivity index (χ2n) is 5.03. The first-order valence-corrected chi connectivity index (χ1v) is 6.62. The molecule has 0 fully saturated rings. The predicted molar refractivity (Wildman–Crippen MR) is 73.5 cm³/mol. The first-order chi connectivity index (χ1) is 8.61. The van der Waals surface area contributed by atoms with E-state index in [2.05, 4.69) is 19.2 Å². The summed E-state index contributed by atoms with van der Waals surface area (Å²) in [5.74, 6) is -0.0977. The molecule has 0 radical (unpaired) electrons. The van der Waals surface area contributed by atoms with Gasteiger partial charge >= 0.3 is 5.97 Å². The first kappa shape index (κ1) is 14.7. The van der Waals surface area contributed by atoms with Gasteiger partial charge in [0.25, 0.3) is 0 Å². The molecule has 0 aliphatic carbocycles. The van der Waals surface area contributed by atoms with Gasteiger partial charge in [0.05, 0.1) is 0 Å². The van der Waals surface area contributed by atoms with E-state index in [-0.39, 0.29) is 0 Å². The van der Waals surface area contributed by atoms with Crippen LogP contribution in [0.4, 0.5) is 0 Å². The van der Waals surface area contributed by atoms with E-state index < -0.39 is 12.0 Å². The van der Waals surface area contributed by atoms with Crippen LogP contribution in [0.3, 0.4) is 0 Å². The van der Waals surface area contributed by atoms with Crippen LogP contribution in [0.25, 0.3) is 0 Å². The fourth-order valence-electron chi connectivity index (χ4n) is 1.92. The van der Waals surface area contributed by atoms with Crippen LogP contribution in [0.1, 0.15) is 44.7 Å². The van der Waals surface area contributed by atoms with Crippen molar-refractivity contribution in [2.75, 3.05) is 6.54 Å². The van der Waals surface area contributed by atoms with Gasteiger partial charge in [-0.1, -0.05) is 57.0 Å². The molecule has 0 spiro atoms. The van der Waals surface area contributed by atoms with Gasteiger partial charge in [-0.25, -0.2) is 0 Å². The Morgan fingerprint density at radius 2 is 1.89 bits per heavy atom. The lowest BCUT2D eigenvalue weighted by molar-refractivity contribution is -0.139. The van der Waals surface area contributed by atoms with Crippen LogP contribution >= 0.6 is 0 Å². The molecule has 0 aliphatic heterocycles. The molecule has 1 aromatic rings. The number of carboxylic acid groups (broad SMARTS) is 1. The molecule has 0 amide bonds. The summed E-state index contributed by atoms with van der Waals surface area (Å²) in [5, 5.41) is 12.3. The largest absolute Gasteiger partial charge is 0.480 e. The van der Waals surface area contributed by atoms with Gasteiger partial charge in [-0.15, -0.1) is 0 Å². The van der Waals surface area contributed by atoms with Gasteiger partial charge in [0, 0.05) is 0 Å². The molecular formula is C15H23NO2. The highest BCUT2D eigenvalue weighted by molar-refractivity contribution is 5.75. The maximum atomic E-state index is 11.2. The number of aliphatic carboxylic acids is 1. The van der Waals surface area contributed by atoms with Gasteiger partial charge < -0.3 is 10.4 Å². The van der Waals surface area contributed by atoms with Crippen molar-refractivity contribution in [2.24, 2.45) is 5.92 Å². The SMILES string of the molecule is CC(C)CCCCNC(C(=O)O)c1ccccc1. The van der Waals surface area contributed by atoms with Crippen LogP contribution in [0.2, 0.25) is 0 Å². The molecule has 0 aliphatic rings. The molecule has 1 rings (SSSR count). The van der Waals surface area contributed by atoms with Gasteiger partial charge in [-0.05, 0) is 24.4 Å². The van der Waals surface area contributed by atoms with Gasteiger partial charge in [0.15, 0.2) is 0 Å². The maximum absolute atomic E-state index is 11.2. The molecule has 1 aromatic carbocycles. The Labute approximate surface area is 109 Å². The van der Waals surface area contributed by atoms with E-state index in [4.69, 9.17) is 0 Å². The average Bonchev–Trinajstić information content (AvgIpc) is 2.34. The molecular weight excluding hydrogens is 226 g/mol. The molecule has 0 bridgehead atoms. The van der Waals surface area contributed by atoms with Crippen molar-refractivity contribution in [1.29, 1.82) is 0 Å². The van der Waals surface area contributed by atoms with Gasteiger partial charge in [-0.2, -0.15) is 0 Å². The summed E-state index contributed by atoms with van der Waals surface area (Å²) >= 11 is 0. The zero-order valence-electron chi connectivity index (χ0n) is 11.2. The Morgan fingerprint density at radius 1 is 1.22 bits per heavy atom. The van der Waals surface area contributed by atoms with Crippen LogP contribution in [0, 0.1) is 5.92 Å². The smallest absolute Gasteiger partial charge is 0.325 e. The van der Waals surface area contributed by atoms with E-state index in [9.17, 15) is 9.90 Å². The number of rotatable bonds is 8. The molecule has 18 heavy (non-hydrogen) atoms. The summed E-state index contributed by atoms with van der Waals surface area (Å²) < 4.78 is 0. The fourth-order valence-corrected chi connectivity index (χ4v) is 1.92. The average molecular weight is 249 g/mol. The molecule has 3 nitrogen and oxygen atoms in total. The summed E-state index contributed by atoms with van der Waals surface area (Å²) in [6, 6.07) is 8.73. The number of unbranched alkanes of at least 4 members (excludes halogenated alkanes) is 1. The van der Waals surface area contributed by atoms with Crippen molar-refractivity contribution in [2.45, 2.75) is 39.2 Å². The summed E-state index contributed by atoms with van der Waals surface area (Å²) in [5.41, 5.74) is 0.814. The molecule has 0 heterocycles. The molecule has 0 aromatic heterocycles. The van der Waals surface area contributed by atoms with E-state index in [1.54, 1.807) is 0 Å². The monoisotopic (exact) mass is 249 g/mol. The van der Waals surface area contributed by atoms with E-state index in [1.165, 1.54) is 6.42 Å². The van der Waals surface area contributed by atoms with Crippen molar-refractivity contribution in [3.8, 4) is 0 Å². The van der Waals surface area contributed by atoms with Crippen LogP contribution in [0.15, 0.2) is 30.3 Å². The normalized spacial score (nSPS) is 12.6. The Balaban J connectivity index is 2.38. The lowest BCUT2D eigenvalue weighted by atomic mass is 10.1. The number of nitrogens with one attached hydrogen (secondary N) is 1. The minimum Gasteiger partial charge on any atom is -0.480 e. The fraction of sp³-hybridized carbons (Fsp3) is 0.533. The summed E-state index contributed by atoms with van der Waals surface area (Å²) in [6.07, 6.45) is 3.37. The Kier molecular flexibility index (Phi) is 6.44. The molecule has 0 saturated carbocycles. The lowest BCUT2D eigenvalue weighted by Crippen LogP contribution is -2.29. The highest BCUT2D eigenvalue weighted by atomic mass is 16.4.